The van der Waals surface area contributed by atoms with Gasteiger partial charge in [0.25, 0.3) is 0 Å². The maximum Gasteiger partial charge on any atom is 0.381 e. The van der Waals surface area contributed by atoms with Gasteiger partial charge in [-0.25, -0.2) is 0 Å². The zero-order valence-corrected chi connectivity index (χ0v) is 13.3. The van der Waals surface area contributed by atoms with Crippen LogP contribution < -0.4 is 9.30 Å². The van der Waals surface area contributed by atoms with Crippen LogP contribution in [0.2, 0.25) is 0 Å². The van der Waals surface area contributed by atoms with E-state index < -0.39 is 0 Å². The first-order valence-electron chi connectivity index (χ1n) is 8.08. The molecule has 0 saturated heterocycles. The van der Waals surface area contributed by atoms with Crippen molar-refractivity contribution in [2.45, 2.75) is 6.54 Å². The van der Waals surface area contributed by atoms with Crippen molar-refractivity contribution >= 4 is 10.8 Å². The third-order valence-corrected chi connectivity index (χ3v) is 4.04. The summed E-state index contributed by atoms with van der Waals surface area (Å²) >= 11 is 0. The van der Waals surface area contributed by atoms with Gasteiger partial charge in [0.2, 0.25) is 0 Å². The lowest BCUT2D eigenvalue weighted by Gasteiger charge is -2.09. The van der Waals surface area contributed by atoms with Gasteiger partial charge in [0, 0.05) is 11.6 Å². The van der Waals surface area contributed by atoms with Gasteiger partial charge in [0.15, 0.2) is 12.7 Å². The SMILES string of the molecule is c1ccc(C[n+]2ccc3ccccc3c2Oc2ccccc2)cc1. The summed E-state index contributed by atoms with van der Waals surface area (Å²) in [7, 11) is 0. The number of nitrogens with zero attached hydrogens (tertiary/aromatic N) is 1. The first-order valence-corrected chi connectivity index (χ1v) is 8.08. The standard InChI is InChI=1S/C22H18NO/c1-3-9-18(10-4-1)17-23-16-15-19-11-7-8-14-21(19)22(23)24-20-12-5-2-6-13-20/h1-16H,17H2/q+1. The number of para-hydroxylation sites is 1. The molecule has 1 heterocycles. The van der Waals surface area contributed by atoms with Crippen molar-refractivity contribution in [3.63, 3.8) is 0 Å². The summed E-state index contributed by atoms with van der Waals surface area (Å²) in [5, 5.41) is 2.28. The molecular formula is C22H18NO+. The van der Waals surface area contributed by atoms with E-state index >= 15 is 0 Å². The van der Waals surface area contributed by atoms with Gasteiger partial charge in [0.05, 0.1) is 5.39 Å². The fraction of sp³-hybridized carbons (Fsp3) is 0.0455. The fourth-order valence-corrected chi connectivity index (χ4v) is 2.85. The first kappa shape index (κ1) is 14.5. The summed E-state index contributed by atoms with van der Waals surface area (Å²) in [6, 6.07) is 30.8. The van der Waals surface area contributed by atoms with E-state index in [1.807, 2.05) is 42.5 Å². The lowest BCUT2D eigenvalue weighted by atomic mass is 10.1. The summed E-state index contributed by atoms with van der Waals surface area (Å²) in [4.78, 5) is 0. The van der Waals surface area contributed by atoms with Gasteiger partial charge in [-0.2, -0.15) is 4.57 Å². The van der Waals surface area contributed by atoms with E-state index in [9.17, 15) is 0 Å². The zero-order valence-electron chi connectivity index (χ0n) is 13.3. The van der Waals surface area contributed by atoms with Crippen LogP contribution in [-0.2, 0) is 6.54 Å². The Hall–Kier alpha value is -3.13. The van der Waals surface area contributed by atoms with Crippen molar-refractivity contribution in [3.8, 4) is 11.6 Å². The van der Waals surface area contributed by atoms with Gasteiger partial charge >= 0.3 is 5.88 Å². The first-order chi connectivity index (χ1) is 11.9. The molecule has 1 aromatic heterocycles. The molecule has 3 aromatic carbocycles. The second-order valence-electron chi connectivity index (χ2n) is 5.74. The largest absolute Gasteiger partial charge is 0.405 e. The second-order valence-corrected chi connectivity index (χ2v) is 5.74. The number of hydrogen-bond acceptors (Lipinski definition) is 1. The Bertz CT molecular complexity index is 949. The number of rotatable bonds is 4. The molecule has 2 nitrogen and oxygen atoms in total. The van der Waals surface area contributed by atoms with Gasteiger partial charge in [0.1, 0.15) is 5.75 Å². The predicted molar refractivity (Wildman–Crippen MR) is 96.2 cm³/mol. The van der Waals surface area contributed by atoms with Crippen molar-refractivity contribution in [2.24, 2.45) is 0 Å². The lowest BCUT2D eigenvalue weighted by molar-refractivity contribution is -0.691. The summed E-state index contributed by atoms with van der Waals surface area (Å²) in [6.45, 7) is 0.772. The average Bonchev–Trinajstić information content (AvgIpc) is 2.65. The minimum atomic E-state index is 0.772. The number of aromatic nitrogens is 1. The van der Waals surface area contributed by atoms with Gasteiger partial charge in [-0.05, 0) is 23.6 Å². The molecule has 2 heteroatoms. The highest BCUT2D eigenvalue weighted by molar-refractivity contribution is 5.85. The van der Waals surface area contributed by atoms with Gasteiger partial charge in [-0.15, -0.1) is 0 Å². The van der Waals surface area contributed by atoms with Crippen LogP contribution >= 0.6 is 0 Å². The van der Waals surface area contributed by atoms with E-state index in [0.717, 1.165) is 23.6 Å². The molecule has 0 radical (unpaired) electrons. The summed E-state index contributed by atoms with van der Waals surface area (Å²) in [5.74, 6) is 1.71. The van der Waals surface area contributed by atoms with E-state index in [0.29, 0.717) is 0 Å². The molecule has 0 spiro atoms. The molecule has 0 bridgehead atoms. The highest BCUT2D eigenvalue weighted by Crippen LogP contribution is 2.26. The number of pyridine rings is 1. The van der Waals surface area contributed by atoms with Crippen molar-refractivity contribution in [3.05, 3.63) is 103 Å². The Labute approximate surface area is 141 Å². The number of ether oxygens (including phenoxy) is 1. The highest BCUT2D eigenvalue weighted by atomic mass is 16.5. The maximum atomic E-state index is 6.26. The predicted octanol–water partition coefficient (Wildman–Crippen LogP) is 4.97. The lowest BCUT2D eigenvalue weighted by Crippen LogP contribution is -2.35. The van der Waals surface area contributed by atoms with E-state index in [1.165, 1.54) is 10.9 Å². The highest BCUT2D eigenvalue weighted by Gasteiger charge is 2.18. The molecule has 4 aromatic rings. The normalized spacial score (nSPS) is 10.7. The zero-order chi connectivity index (χ0) is 16.2. The molecule has 0 unspecified atom stereocenters. The van der Waals surface area contributed by atoms with E-state index in [1.54, 1.807) is 0 Å². The van der Waals surface area contributed by atoms with Crippen LogP contribution in [0.4, 0.5) is 0 Å². The summed E-state index contributed by atoms with van der Waals surface area (Å²) < 4.78 is 8.42. The number of benzene rings is 3. The molecular weight excluding hydrogens is 294 g/mol. The molecule has 0 aliphatic rings. The second kappa shape index (κ2) is 6.55. The third kappa shape index (κ3) is 2.99. The molecule has 4 rings (SSSR count). The van der Waals surface area contributed by atoms with Crippen molar-refractivity contribution in [2.75, 3.05) is 0 Å². The molecule has 0 aliphatic heterocycles. The van der Waals surface area contributed by atoms with Crippen molar-refractivity contribution in [1.82, 2.24) is 0 Å². The third-order valence-electron chi connectivity index (χ3n) is 4.04. The van der Waals surface area contributed by atoms with Crippen LogP contribution in [0, 0.1) is 0 Å². The van der Waals surface area contributed by atoms with Crippen molar-refractivity contribution < 1.29 is 9.30 Å². The average molecular weight is 312 g/mol. The Morgan fingerprint density at radius 1 is 0.667 bits per heavy atom. The van der Waals surface area contributed by atoms with Crippen LogP contribution in [-0.4, -0.2) is 0 Å². The van der Waals surface area contributed by atoms with E-state index in [-0.39, 0.29) is 0 Å². The van der Waals surface area contributed by atoms with Crippen LogP contribution in [0.3, 0.4) is 0 Å². The Kier molecular flexibility index (Phi) is 3.95. The molecule has 0 saturated carbocycles. The van der Waals surface area contributed by atoms with Crippen LogP contribution in [0.15, 0.2) is 97.2 Å². The summed E-state index contributed by atoms with van der Waals surface area (Å²) in [5.41, 5.74) is 1.25. The van der Waals surface area contributed by atoms with Gasteiger partial charge < -0.3 is 4.74 Å². The van der Waals surface area contributed by atoms with Crippen LogP contribution in [0.5, 0.6) is 11.6 Å². The minimum absolute atomic E-state index is 0.772. The van der Waals surface area contributed by atoms with E-state index in [2.05, 4.69) is 59.3 Å². The molecule has 0 fully saturated rings. The van der Waals surface area contributed by atoms with Crippen LogP contribution in [0.1, 0.15) is 5.56 Å². The fourth-order valence-electron chi connectivity index (χ4n) is 2.85. The summed E-state index contributed by atoms with van der Waals surface area (Å²) in [6.07, 6.45) is 2.09. The number of fused-ring (bicyclic) bond motifs is 1. The Morgan fingerprint density at radius 2 is 1.33 bits per heavy atom. The van der Waals surface area contributed by atoms with E-state index in [4.69, 9.17) is 4.74 Å². The quantitative estimate of drug-likeness (QED) is 0.485. The molecule has 0 atom stereocenters. The number of hydrogen-bond donors (Lipinski definition) is 0. The Morgan fingerprint density at radius 3 is 2.12 bits per heavy atom. The molecule has 0 N–H and O–H groups in total. The smallest absolute Gasteiger partial charge is 0.381 e. The maximum absolute atomic E-state index is 6.26. The van der Waals surface area contributed by atoms with Gasteiger partial charge in [-0.3, -0.25) is 0 Å². The topological polar surface area (TPSA) is 13.1 Å². The Balaban J connectivity index is 1.82. The molecule has 0 aliphatic carbocycles. The van der Waals surface area contributed by atoms with Gasteiger partial charge in [-0.1, -0.05) is 66.7 Å². The minimum Gasteiger partial charge on any atom is -0.405 e. The molecule has 0 amide bonds. The monoisotopic (exact) mass is 312 g/mol. The molecule has 24 heavy (non-hydrogen) atoms. The molecule has 116 valence electrons. The van der Waals surface area contributed by atoms with Crippen LogP contribution in [0.25, 0.3) is 10.8 Å². The van der Waals surface area contributed by atoms with Crippen molar-refractivity contribution in [1.29, 1.82) is 0 Å².